The monoisotopic (exact) mass is 204 g/mol. The number of ether oxygens (including phenoxy) is 1. The average molecular weight is 204 g/mol. The number of benzene rings is 1. The van der Waals surface area contributed by atoms with E-state index >= 15 is 0 Å². The Balaban J connectivity index is 3.09. The molecule has 0 saturated carbocycles. The van der Waals surface area contributed by atoms with E-state index in [1.54, 1.807) is 0 Å². The lowest BCUT2D eigenvalue weighted by Gasteiger charge is -2.02. The van der Waals surface area contributed by atoms with Gasteiger partial charge in [0.05, 0.1) is 5.56 Å². The molecule has 0 atom stereocenters. The average Bonchev–Trinajstić information content (AvgIpc) is 2.11. The van der Waals surface area contributed by atoms with Crippen LogP contribution in [-0.4, -0.2) is 19.5 Å². The van der Waals surface area contributed by atoms with Gasteiger partial charge in [-0.25, -0.2) is 13.2 Å². The maximum absolute atomic E-state index is 12.9. The van der Waals surface area contributed by atoms with Crippen molar-refractivity contribution in [3.63, 3.8) is 0 Å². The molecule has 5 heteroatoms. The lowest BCUT2D eigenvalue weighted by molar-refractivity contribution is 0.0843. The van der Waals surface area contributed by atoms with Crippen LogP contribution in [-0.2, 0) is 4.74 Å². The summed E-state index contributed by atoms with van der Waals surface area (Å²) < 4.78 is 42.4. The van der Waals surface area contributed by atoms with E-state index in [1.807, 2.05) is 0 Å². The van der Waals surface area contributed by atoms with Crippen LogP contribution < -0.4 is 0 Å². The number of methoxy groups -OCH3 is 1. The molecular weight excluding hydrogens is 197 g/mol. The summed E-state index contributed by atoms with van der Waals surface area (Å²) in [5.41, 5.74) is -0.509. The van der Waals surface area contributed by atoms with E-state index < -0.39 is 28.8 Å². The summed E-state index contributed by atoms with van der Waals surface area (Å²) in [6.07, 6.45) is 0. The van der Waals surface area contributed by atoms with Gasteiger partial charge in [-0.3, -0.25) is 4.79 Å². The zero-order valence-corrected chi connectivity index (χ0v) is 7.31. The van der Waals surface area contributed by atoms with Crippen molar-refractivity contribution in [1.82, 2.24) is 0 Å². The highest BCUT2D eigenvalue weighted by atomic mass is 19.2. The maximum Gasteiger partial charge on any atom is 0.191 e. The Bertz CT molecular complexity index is 363. The highest BCUT2D eigenvalue weighted by molar-refractivity contribution is 5.97. The van der Waals surface area contributed by atoms with E-state index in [-0.39, 0.29) is 6.61 Å². The topological polar surface area (TPSA) is 26.3 Å². The van der Waals surface area contributed by atoms with Crippen molar-refractivity contribution in [2.24, 2.45) is 0 Å². The minimum atomic E-state index is -1.32. The van der Waals surface area contributed by atoms with E-state index in [9.17, 15) is 18.0 Å². The molecule has 76 valence electrons. The summed E-state index contributed by atoms with van der Waals surface area (Å²) in [7, 11) is 1.25. The van der Waals surface area contributed by atoms with Crippen LogP contribution in [0.5, 0.6) is 0 Å². The van der Waals surface area contributed by atoms with Crippen LogP contribution in [0, 0.1) is 17.5 Å². The van der Waals surface area contributed by atoms with Gasteiger partial charge in [0.25, 0.3) is 0 Å². The van der Waals surface area contributed by atoms with Crippen molar-refractivity contribution in [3.05, 3.63) is 35.1 Å². The number of carbonyl (C=O) groups is 1. The van der Waals surface area contributed by atoms with Gasteiger partial charge < -0.3 is 4.74 Å². The van der Waals surface area contributed by atoms with Crippen molar-refractivity contribution in [1.29, 1.82) is 0 Å². The molecule has 1 rings (SSSR count). The summed E-state index contributed by atoms with van der Waals surface area (Å²) >= 11 is 0. The fourth-order valence-corrected chi connectivity index (χ4v) is 0.945. The SMILES string of the molecule is COCC(=O)c1cc(F)c(F)cc1F. The molecule has 0 amide bonds. The minimum absolute atomic E-state index is 0.332. The molecule has 1 aromatic rings. The first-order chi connectivity index (χ1) is 6.56. The van der Waals surface area contributed by atoms with Crippen LogP contribution in [0.3, 0.4) is 0 Å². The van der Waals surface area contributed by atoms with E-state index in [0.717, 1.165) is 0 Å². The van der Waals surface area contributed by atoms with E-state index in [0.29, 0.717) is 12.1 Å². The van der Waals surface area contributed by atoms with Crippen molar-refractivity contribution in [3.8, 4) is 0 Å². The van der Waals surface area contributed by atoms with Crippen LogP contribution in [0.15, 0.2) is 12.1 Å². The predicted octanol–water partition coefficient (Wildman–Crippen LogP) is 1.93. The van der Waals surface area contributed by atoms with Gasteiger partial charge in [-0.2, -0.15) is 0 Å². The van der Waals surface area contributed by atoms with Gasteiger partial charge in [-0.05, 0) is 6.07 Å². The van der Waals surface area contributed by atoms with Crippen LogP contribution in [0.1, 0.15) is 10.4 Å². The summed E-state index contributed by atoms with van der Waals surface area (Å²) in [6, 6.07) is 0.851. The van der Waals surface area contributed by atoms with Gasteiger partial charge in [0, 0.05) is 13.2 Å². The molecule has 2 nitrogen and oxygen atoms in total. The molecular formula is C9H7F3O2. The van der Waals surface area contributed by atoms with Crippen LogP contribution in [0.25, 0.3) is 0 Å². The first-order valence-corrected chi connectivity index (χ1v) is 3.73. The molecule has 0 heterocycles. The molecule has 0 aliphatic heterocycles. The number of halogens is 3. The number of hydrogen-bond donors (Lipinski definition) is 0. The third-order valence-electron chi connectivity index (χ3n) is 1.59. The maximum atomic E-state index is 12.9. The normalized spacial score (nSPS) is 10.3. The summed E-state index contributed by atoms with van der Waals surface area (Å²) in [5, 5.41) is 0. The first kappa shape index (κ1) is 10.7. The van der Waals surface area contributed by atoms with Crippen molar-refractivity contribution in [2.75, 3.05) is 13.7 Å². The van der Waals surface area contributed by atoms with Gasteiger partial charge in [-0.1, -0.05) is 0 Å². The lowest BCUT2D eigenvalue weighted by Crippen LogP contribution is -2.10. The largest absolute Gasteiger partial charge is 0.377 e. The Kier molecular flexibility index (Phi) is 3.24. The predicted molar refractivity (Wildman–Crippen MR) is 42.5 cm³/mol. The zero-order valence-electron chi connectivity index (χ0n) is 7.31. The van der Waals surface area contributed by atoms with Crippen LogP contribution in [0.2, 0.25) is 0 Å². The molecule has 1 aromatic carbocycles. The molecule has 0 aliphatic carbocycles. The van der Waals surface area contributed by atoms with Crippen molar-refractivity contribution < 1.29 is 22.7 Å². The highest BCUT2D eigenvalue weighted by Crippen LogP contribution is 2.14. The Morgan fingerprint density at radius 2 is 1.79 bits per heavy atom. The fourth-order valence-electron chi connectivity index (χ4n) is 0.945. The number of hydrogen-bond acceptors (Lipinski definition) is 2. The van der Waals surface area contributed by atoms with Gasteiger partial charge in [0.1, 0.15) is 12.4 Å². The van der Waals surface area contributed by atoms with E-state index in [2.05, 4.69) is 4.74 Å². The smallest absolute Gasteiger partial charge is 0.191 e. The second kappa shape index (κ2) is 4.23. The molecule has 0 unspecified atom stereocenters. The van der Waals surface area contributed by atoms with Gasteiger partial charge >= 0.3 is 0 Å². The Hall–Kier alpha value is -1.36. The number of carbonyl (C=O) groups excluding carboxylic acids is 1. The van der Waals surface area contributed by atoms with Crippen LogP contribution in [0.4, 0.5) is 13.2 Å². The van der Waals surface area contributed by atoms with Gasteiger partial charge in [0.15, 0.2) is 17.4 Å². The second-order valence-corrected chi connectivity index (χ2v) is 2.60. The molecule has 0 spiro atoms. The van der Waals surface area contributed by atoms with Gasteiger partial charge in [-0.15, -0.1) is 0 Å². The second-order valence-electron chi connectivity index (χ2n) is 2.60. The summed E-state index contributed by atoms with van der Waals surface area (Å²) in [5.74, 6) is -4.41. The lowest BCUT2D eigenvalue weighted by atomic mass is 10.1. The Labute approximate surface area is 78.3 Å². The molecule has 0 radical (unpaired) electrons. The van der Waals surface area contributed by atoms with Gasteiger partial charge in [0.2, 0.25) is 0 Å². The standard InChI is InChI=1S/C9H7F3O2/c1-14-4-9(13)5-2-7(11)8(12)3-6(5)10/h2-3H,4H2,1H3. The fraction of sp³-hybridized carbons (Fsp3) is 0.222. The molecule has 14 heavy (non-hydrogen) atoms. The van der Waals surface area contributed by atoms with E-state index in [4.69, 9.17) is 0 Å². The third kappa shape index (κ3) is 2.11. The number of ketones is 1. The first-order valence-electron chi connectivity index (χ1n) is 3.73. The molecule has 0 aromatic heterocycles. The highest BCUT2D eigenvalue weighted by Gasteiger charge is 2.15. The van der Waals surface area contributed by atoms with Crippen molar-refractivity contribution in [2.45, 2.75) is 0 Å². The molecule has 0 saturated heterocycles. The van der Waals surface area contributed by atoms with Crippen LogP contribution >= 0.6 is 0 Å². The summed E-state index contributed by atoms with van der Waals surface area (Å²) in [6.45, 7) is -0.373. The zero-order chi connectivity index (χ0) is 10.7. The number of rotatable bonds is 3. The van der Waals surface area contributed by atoms with Crippen molar-refractivity contribution >= 4 is 5.78 Å². The Morgan fingerprint density at radius 3 is 2.36 bits per heavy atom. The molecule has 0 fully saturated rings. The molecule has 0 bridgehead atoms. The molecule has 0 aliphatic rings. The quantitative estimate of drug-likeness (QED) is 0.555. The minimum Gasteiger partial charge on any atom is -0.377 e. The Morgan fingerprint density at radius 1 is 1.21 bits per heavy atom. The van der Waals surface area contributed by atoms with E-state index in [1.165, 1.54) is 7.11 Å². The molecule has 0 N–H and O–H groups in total. The third-order valence-corrected chi connectivity index (χ3v) is 1.59. The number of Topliss-reactive ketones (excluding diaryl/α,β-unsaturated/α-hetero) is 1. The summed E-state index contributed by atoms with van der Waals surface area (Å²) in [4.78, 5) is 11.1.